The van der Waals surface area contributed by atoms with Crippen molar-refractivity contribution in [3.8, 4) is 0 Å². The molecule has 0 aliphatic carbocycles. The molecule has 0 aromatic rings. The fourth-order valence-corrected chi connectivity index (χ4v) is 1.86. The second kappa shape index (κ2) is 2.41. The van der Waals surface area contributed by atoms with Crippen LogP contribution in [0.2, 0.25) is 0 Å². The molecule has 5 heteroatoms. The van der Waals surface area contributed by atoms with Crippen molar-refractivity contribution in [1.29, 1.82) is 0 Å². The summed E-state index contributed by atoms with van der Waals surface area (Å²) in [7, 11) is 1.60. The Morgan fingerprint density at radius 2 is 2.18 bits per heavy atom. The van der Waals surface area contributed by atoms with Crippen molar-refractivity contribution < 1.29 is 10.0 Å². The van der Waals surface area contributed by atoms with Gasteiger partial charge in [-0.1, -0.05) is 16.9 Å². The first-order valence-electron chi connectivity index (χ1n) is 3.18. The summed E-state index contributed by atoms with van der Waals surface area (Å²) in [4.78, 5) is 12.7. The van der Waals surface area contributed by atoms with Gasteiger partial charge in [0.15, 0.2) is 0 Å². The van der Waals surface area contributed by atoms with E-state index in [4.69, 9.17) is 5.21 Å². The molecule has 62 valence electrons. The van der Waals surface area contributed by atoms with Gasteiger partial charge in [0.05, 0.1) is 4.75 Å². The van der Waals surface area contributed by atoms with Crippen LogP contribution in [0.25, 0.3) is 0 Å². The molecule has 0 aromatic heterocycles. The molecule has 0 radical (unpaired) electrons. The Kier molecular flexibility index (Phi) is 1.83. The van der Waals surface area contributed by atoms with Crippen molar-refractivity contribution in [2.45, 2.75) is 18.6 Å². The Bertz CT molecular complexity index is 225. The highest BCUT2D eigenvalue weighted by atomic mass is 32.2. The number of oxime groups is 1. The van der Waals surface area contributed by atoms with Gasteiger partial charge < -0.3 is 5.21 Å². The fraction of sp³-hybridized carbons (Fsp3) is 0.667. The molecular formula is C6H10N2O2S. The summed E-state index contributed by atoms with van der Waals surface area (Å²) in [5.74, 6) is -0.0321. The Balaban J connectivity index is 2.95. The van der Waals surface area contributed by atoms with Gasteiger partial charge in [-0.05, 0) is 13.8 Å². The molecule has 11 heavy (non-hydrogen) atoms. The summed E-state index contributed by atoms with van der Waals surface area (Å²) >= 11 is 1.26. The highest BCUT2D eigenvalue weighted by Gasteiger charge is 2.42. The van der Waals surface area contributed by atoms with Crippen LogP contribution in [0.5, 0.6) is 0 Å². The molecular weight excluding hydrogens is 164 g/mol. The lowest BCUT2D eigenvalue weighted by molar-refractivity contribution is -0.127. The second-order valence-electron chi connectivity index (χ2n) is 2.86. The van der Waals surface area contributed by atoms with Gasteiger partial charge in [-0.2, -0.15) is 0 Å². The van der Waals surface area contributed by atoms with Crippen LogP contribution in [-0.4, -0.2) is 33.0 Å². The first-order valence-corrected chi connectivity index (χ1v) is 4.00. The van der Waals surface area contributed by atoms with Gasteiger partial charge in [0.1, 0.15) is 0 Å². The zero-order valence-corrected chi connectivity index (χ0v) is 7.47. The molecule has 1 aliphatic rings. The van der Waals surface area contributed by atoms with E-state index in [1.165, 1.54) is 16.7 Å². The second-order valence-corrected chi connectivity index (χ2v) is 4.45. The monoisotopic (exact) mass is 174 g/mol. The highest BCUT2D eigenvalue weighted by molar-refractivity contribution is 8.16. The summed E-state index contributed by atoms with van der Waals surface area (Å²) in [6.07, 6.45) is 0. The molecule has 1 aliphatic heterocycles. The first kappa shape index (κ1) is 8.39. The standard InChI is InChI=1S/C6H10N2O2S/c1-6(2)4(9)8(3)5(7-10)11-6/h10H,1-3H3/b7-5+. The zero-order valence-electron chi connectivity index (χ0n) is 6.66. The van der Waals surface area contributed by atoms with Crippen LogP contribution in [-0.2, 0) is 4.79 Å². The third-order valence-electron chi connectivity index (χ3n) is 1.54. The smallest absolute Gasteiger partial charge is 0.244 e. The van der Waals surface area contributed by atoms with Gasteiger partial charge in [0.2, 0.25) is 11.1 Å². The maximum Gasteiger partial charge on any atom is 0.244 e. The number of nitrogens with zero attached hydrogens (tertiary/aromatic N) is 2. The van der Waals surface area contributed by atoms with Crippen molar-refractivity contribution in [2.24, 2.45) is 5.16 Å². The van der Waals surface area contributed by atoms with Gasteiger partial charge in [0.25, 0.3) is 0 Å². The topological polar surface area (TPSA) is 52.9 Å². The number of amidine groups is 1. The van der Waals surface area contributed by atoms with Gasteiger partial charge in [0, 0.05) is 7.05 Å². The molecule has 0 bridgehead atoms. The molecule has 0 spiro atoms. The van der Waals surface area contributed by atoms with E-state index in [1.807, 2.05) is 0 Å². The molecule has 0 aromatic carbocycles. The predicted molar refractivity (Wildman–Crippen MR) is 43.7 cm³/mol. The van der Waals surface area contributed by atoms with Crippen LogP contribution in [0.15, 0.2) is 5.16 Å². The van der Waals surface area contributed by atoms with E-state index >= 15 is 0 Å². The number of carbonyl (C=O) groups is 1. The van der Waals surface area contributed by atoms with E-state index in [0.29, 0.717) is 5.17 Å². The van der Waals surface area contributed by atoms with Crippen LogP contribution in [0.3, 0.4) is 0 Å². The average Bonchev–Trinajstić information content (AvgIpc) is 2.13. The summed E-state index contributed by atoms with van der Waals surface area (Å²) in [5, 5.41) is 11.8. The molecule has 1 fully saturated rings. The molecule has 1 heterocycles. The average molecular weight is 174 g/mol. The third-order valence-corrected chi connectivity index (χ3v) is 2.76. The van der Waals surface area contributed by atoms with Crippen molar-refractivity contribution in [3.05, 3.63) is 0 Å². The summed E-state index contributed by atoms with van der Waals surface area (Å²) in [6, 6.07) is 0. The molecule has 1 amide bonds. The number of hydrogen-bond acceptors (Lipinski definition) is 4. The lowest BCUT2D eigenvalue weighted by Gasteiger charge is -2.11. The number of rotatable bonds is 0. The van der Waals surface area contributed by atoms with Gasteiger partial charge >= 0.3 is 0 Å². The van der Waals surface area contributed by atoms with Crippen LogP contribution in [0, 0.1) is 0 Å². The van der Waals surface area contributed by atoms with E-state index in [0.717, 1.165) is 0 Å². The Hall–Kier alpha value is -0.710. The van der Waals surface area contributed by atoms with E-state index in [1.54, 1.807) is 20.9 Å². The van der Waals surface area contributed by atoms with Gasteiger partial charge in [-0.25, -0.2) is 0 Å². The van der Waals surface area contributed by atoms with E-state index in [2.05, 4.69) is 5.16 Å². The molecule has 0 atom stereocenters. The van der Waals surface area contributed by atoms with Crippen molar-refractivity contribution in [1.82, 2.24) is 4.90 Å². The van der Waals surface area contributed by atoms with Gasteiger partial charge in [-0.3, -0.25) is 9.69 Å². The van der Waals surface area contributed by atoms with Crippen molar-refractivity contribution in [2.75, 3.05) is 7.05 Å². The molecule has 1 saturated heterocycles. The fourth-order valence-electron chi connectivity index (χ4n) is 0.919. The molecule has 0 saturated carbocycles. The first-order chi connectivity index (χ1) is 4.99. The van der Waals surface area contributed by atoms with E-state index in [9.17, 15) is 4.79 Å². The van der Waals surface area contributed by atoms with Crippen LogP contribution in [0.4, 0.5) is 0 Å². The highest BCUT2D eigenvalue weighted by Crippen LogP contribution is 2.35. The number of hydrogen-bond donors (Lipinski definition) is 1. The molecule has 1 rings (SSSR count). The van der Waals surface area contributed by atoms with Gasteiger partial charge in [-0.15, -0.1) is 0 Å². The minimum Gasteiger partial charge on any atom is -0.409 e. The normalized spacial score (nSPS) is 26.6. The zero-order chi connectivity index (χ0) is 8.65. The van der Waals surface area contributed by atoms with E-state index in [-0.39, 0.29) is 5.91 Å². The number of carbonyl (C=O) groups excluding carboxylic acids is 1. The Labute approximate surface area is 69.2 Å². The predicted octanol–water partition coefficient (Wildman–Crippen LogP) is 0.715. The largest absolute Gasteiger partial charge is 0.409 e. The molecule has 4 nitrogen and oxygen atoms in total. The molecule has 0 unspecified atom stereocenters. The number of amides is 1. The summed E-state index contributed by atoms with van der Waals surface area (Å²) in [6.45, 7) is 3.60. The Morgan fingerprint density at radius 1 is 1.64 bits per heavy atom. The lowest BCUT2D eigenvalue weighted by atomic mass is 10.2. The lowest BCUT2D eigenvalue weighted by Crippen LogP contribution is -2.32. The summed E-state index contributed by atoms with van der Waals surface area (Å²) in [5.41, 5.74) is 0. The maximum atomic E-state index is 11.3. The minimum atomic E-state index is -0.490. The summed E-state index contributed by atoms with van der Waals surface area (Å²) < 4.78 is -0.490. The quantitative estimate of drug-likeness (QED) is 0.435. The maximum absolute atomic E-state index is 11.3. The third kappa shape index (κ3) is 1.20. The van der Waals surface area contributed by atoms with Crippen molar-refractivity contribution >= 4 is 22.8 Å². The van der Waals surface area contributed by atoms with Crippen LogP contribution in [0.1, 0.15) is 13.8 Å². The van der Waals surface area contributed by atoms with E-state index < -0.39 is 4.75 Å². The van der Waals surface area contributed by atoms with Crippen molar-refractivity contribution in [3.63, 3.8) is 0 Å². The number of thioether (sulfide) groups is 1. The SMILES string of the molecule is CN1C(=O)C(C)(C)S/C1=N/O. The van der Waals surface area contributed by atoms with Crippen LogP contribution >= 0.6 is 11.8 Å². The van der Waals surface area contributed by atoms with Crippen LogP contribution < -0.4 is 0 Å². The Morgan fingerprint density at radius 3 is 2.36 bits per heavy atom. The molecule has 1 N–H and O–H groups in total. The minimum absolute atomic E-state index is 0.0321.